The van der Waals surface area contributed by atoms with E-state index in [0.29, 0.717) is 39.8 Å². The van der Waals surface area contributed by atoms with E-state index in [1.54, 1.807) is 13.2 Å². The van der Waals surface area contributed by atoms with Crippen molar-refractivity contribution in [2.24, 2.45) is 4.99 Å². The molecule has 0 bridgehead atoms. The lowest BCUT2D eigenvalue weighted by Gasteiger charge is -2.29. The van der Waals surface area contributed by atoms with E-state index >= 15 is 0 Å². The van der Waals surface area contributed by atoms with Crippen molar-refractivity contribution in [3.05, 3.63) is 40.8 Å². The summed E-state index contributed by atoms with van der Waals surface area (Å²) in [4.78, 5) is 37.0. The van der Waals surface area contributed by atoms with Crippen molar-refractivity contribution in [1.82, 2.24) is 15.3 Å². The van der Waals surface area contributed by atoms with Crippen LogP contribution in [0, 0.1) is 0 Å². The fourth-order valence-corrected chi connectivity index (χ4v) is 5.58. The fourth-order valence-electron chi connectivity index (χ4n) is 3.57. The van der Waals surface area contributed by atoms with Crippen LogP contribution in [-0.4, -0.2) is 75.4 Å². The van der Waals surface area contributed by atoms with Gasteiger partial charge in [0.1, 0.15) is 22.3 Å². The quantitative estimate of drug-likeness (QED) is 0.276. The Kier molecular flexibility index (Phi) is 9.57. The predicted octanol–water partition coefficient (Wildman–Crippen LogP) is 2.84. The number of hydrogen-bond acceptors (Lipinski definition) is 10. The third-order valence-corrected chi connectivity index (χ3v) is 7.71. The molecule has 38 heavy (non-hydrogen) atoms. The number of furan rings is 1. The molecule has 5 N–H and O–H groups in total. The Morgan fingerprint density at radius 3 is 2.47 bits per heavy atom. The third-order valence-electron chi connectivity index (χ3n) is 5.30. The topological polar surface area (TPSA) is 165 Å². The SMILES string of the molecule is CC[SH]1C(Nc2nc(NCc3ccco3)cc(N3CCNCC3)n2)=NC(C)=C1C(=O)O.O=C(O)C(F)(F)F. The van der Waals surface area contributed by atoms with Crippen LogP contribution in [0.3, 0.4) is 0 Å². The average Bonchev–Trinajstić information content (AvgIpc) is 3.50. The van der Waals surface area contributed by atoms with Gasteiger partial charge in [0.15, 0.2) is 5.17 Å². The predicted molar refractivity (Wildman–Crippen MR) is 138 cm³/mol. The summed E-state index contributed by atoms with van der Waals surface area (Å²) in [6.45, 7) is 7.68. The number of amidine groups is 1. The number of carbonyl (C=O) groups is 2. The van der Waals surface area contributed by atoms with Crippen LogP contribution in [0.25, 0.3) is 0 Å². The van der Waals surface area contributed by atoms with Crippen molar-refractivity contribution in [3.63, 3.8) is 0 Å². The van der Waals surface area contributed by atoms with Gasteiger partial charge in [-0.25, -0.2) is 14.6 Å². The van der Waals surface area contributed by atoms with Crippen LogP contribution in [0.5, 0.6) is 0 Å². The van der Waals surface area contributed by atoms with Crippen LogP contribution in [0.1, 0.15) is 19.6 Å². The van der Waals surface area contributed by atoms with Crippen LogP contribution in [0.4, 0.5) is 30.8 Å². The zero-order valence-electron chi connectivity index (χ0n) is 20.5. The average molecular weight is 560 g/mol. The molecule has 2 aliphatic heterocycles. The van der Waals surface area contributed by atoms with Gasteiger partial charge in [0, 0.05) is 32.2 Å². The van der Waals surface area contributed by atoms with Crippen molar-refractivity contribution in [1.29, 1.82) is 0 Å². The van der Waals surface area contributed by atoms with Gasteiger partial charge in [-0.3, -0.25) is 0 Å². The lowest BCUT2D eigenvalue weighted by Crippen LogP contribution is -2.44. The molecule has 2 aliphatic rings. The first-order chi connectivity index (χ1) is 18.0. The standard InChI is InChI=1S/C20H27N7O3S.C2HF3O2/c1-3-31-17(18(28)29)13(2)23-20(31)26-19-24-15(22-12-14-5-4-10-30-14)11-16(25-19)27-8-6-21-7-9-27;3-2(4,5)1(6)7/h4-5,10-11,21,31H,3,6-9,12H2,1-2H3,(H,28,29)(H2,22,23,24,25,26);(H,6,7). The second-order valence-corrected chi connectivity index (χ2v) is 10.3. The monoisotopic (exact) mass is 559 g/mol. The van der Waals surface area contributed by atoms with Crippen LogP contribution < -0.4 is 20.9 Å². The zero-order valence-corrected chi connectivity index (χ0v) is 21.4. The van der Waals surface area contributed by atoms with E-state index in [9.17, 15) is 23.1 Å². The normalized spacial score (nSPS) is 18.4. The number of hydrogen-bond donors (Lipinski definition) is 6. The summed E-state index contributed by atoms with van der Waals surface area (Å²) in [7, 11) is -1.06. The van der Waals surface area contributed by atoms with Gasteiger partial charge in [-0.2, -0.15) is 34.0 Å². The lowest BCUT2D eigenvalue weighted by atomic mass is 10.3. The van der Waals surface area contributed by atoms with Gasteiger partial charge in [-0.1, -0.05) is 6.92 Å². The Hall–Kier alpha value is -3.79. The molecule has 1 fully saturated rings. The van der Waals surface area contributed by atoms with Crippen LogP contribution in [0.2, 0.25) is 0 Å². The molecule has 0 aromatic carbocycles. The minimum Gasteiger partial charge on any atom is -0.477 e. The highest BCUT2D eigenvalue weighted by molar-refractivity contribution is 8.34. The number of aliphatic imine (C=N–C) groups is 1. The number of thiol groups is 1. The molecule has 16 heteroatoms. The highest BCUT2D eigenvalue weighted by Crippen LogP contribution is 2.44. The number of aromatic nitrogens is 2. The van der Waals surface area contributed by atoms with Gasteiger partial charge >= 0.3 is 18.1 Å². The molecule has 0 spiro atoms. The minimum atomic E-state index is -5.08. The molecule has 0 aliphatic carbocycles. The largest absolute Gasteiger partial charge is 0.490 e. The summed E-state index contributed by atoms with van der Waals surface area (Å²) in [5.41, 5.74) is 0.539. The Morgan fingerprint density at radius 2 is 1.92 bits per heavy atom. The molecule has 0 amide bonds. The molecule has 0 radical (unpaired) electrons. The third kappa shape index (κ3) is 7.61. The highest BCUT2D eigenvalue weighted by atomic mass is 32.2. The Bertz CT molecular complexity index is 1200. The molecule has 208 valence electrons. The Balaban J connectivity index is 0.000000505. The molecule has 2 aromatic heterocycles. The van der Waals surface area contributed by atoms with E-state index in [4.69, 9.17) is 19.3 Å². The maximum absolute atomic E-state index is 11.7. The number of allylic oxidation sites excluding steroid dienone is 1. The summed E-state index contributed by atoms with van der Waals surface area (Å²) in [5, 5.41) is 27.2. The maximum Gasteiger partial charge on any atom is 0.490 e. The fraction of sp³-hybridized carbons (Fsp3) is 0.409. The number of nitrogens with one attached hydrogen (secondary N) is 3. The molecular formula is C22H28F3N7O5S. The van der Waals surface area contributed by atoms with E-state index in [1.807, 2.05) is 25.1 Å². The van der Waals surface area contributed by atoms with Crippen molar-refractivity contribution >= 4 is 45.6 Å². The van der Waals surface area contributed by atoms with E-state index in [-0.39, 0.29) is 0 Å². The lowest BCUT2D eigenvalue weighted by molar-refractivity contribution is -0.192. The molecular weight excluding hydrogens is 531 g/mol. The van der Waals surface area contributed by atoms with E-state index < -0.39 is 29.0 Å². The molecule has 0 saturated carbocycles. The van der Waals surface area contributed by atoms with E-state index in [2.05, 4.69) is 30.8 Å². The highest BCUT2D eigenvalue weighted by Gasteiger charge is 2.38. The summed E-state index contributed by atoms with van der Waals surface area (Å²) in [6, 6.07) is 5.66. The maximum atomic E-state index is 11.7. The molecule has 12 nitrogen and oxygen atoms in total. The number of aliphatic carboxylic acids is 2. The van der Waals surface area contributed by atoms with Crippen LogP contribution >= 0.6 is 10.9 Å². The summed E-state index contributed by atoms with van der Waals surface area (Å²) < 4.78 is 37.1. The van der Waals surface area contributed by atoms with Gasteiger partial charge in [0.25, 0.3) is 0 Å². The summed E-state index contributed by atoms with van der Waals surface area (Å²) in [6.07, 6.45) is -3.45. The van der Waals surface area contributed by atoms with Gasteiger partial charge in [0.05, 0.1) is 18.5 Å². The number of piperazine rings is 1. The zero-order chi connectivity index (χ0) is 27.9. The number of carboxylic acids is 2. The molecule has 2 aromatic rings. The Morgan fingerprint density at radius 1 is 1.24 bits per heavy atom. The number of carboxylic acid groups (broad SMARTS) is 2. The van der Waals surface area contributed by atoms with Gasteiger partial charge in [-0.15, -0.1) is 0 Å². The molecule has 1 saturated heterocycles. The van der Waals surface area contributed by atoms with Gasteiger partial charge < -0.3 is 35.5 Å². The number of alkyl halides is 3. The smallest absolute Gasteiger partial charge is 0.477 e. The van der Waals surface area contributed by atoms with Crippen molar-refractivity contribution in [2.45, 2.75) is 26.6 Å². The first-order valence-corrected chi connectivity index (χ1v) is 13.0. The second-order valence-electron chi connectivity index (χ2n) is 7.95. The molecule has 4 heterocycles. The van der Waals surface area contributed by atoms with Crippen LogP contribution in [0.15, 0.2) is 44.5 Å². The second kappa shape index (κ2) is 12.6. The molecule has 1 atom stereocenters. The van der Waals surface area contributed by atoms with E-state index in [0.717, 1.165) is 37.8 Å². The number of rotatable bonds is 7. The number of nitrogens with zero attached hydrogens (tertiary/aromatic N) is 4. The minimum absolute atomic E-state index is 0.384. The molecule has 4 rings (SSSR count). The van der Waals surface area contributed by atoms with Gasteiger partial charge in [0.2, 0.25) is 5.95 Å². The first-order valence-electron chi connectivity index (χ1n) is 11.5. The van der Waals surface area contributed by atoms with Gasteiger partial charge in [-0.05, 0) is 24.8 Å². The number of halogens is 3. The number of anilines is 3. The summed E-state index contributed by atoms with van der Waals surface area (Å²) >= 11 is 0. The Labute approximate surface area is 218 Å². The van der Waals surface area contributed by atoms with E-state index in [1.165, 1.54) is 0 Å². The van der Waals surface area contributed by atoms with Crippen molar-refractivity contribution in [3.8, 4) is 0 Å². The van der Waals surface area contributed by atoms with Crippen molar-refractivity contribution < 1.29 is 37.4 Å². The van der Waals surface area contributed by atoms with Crippen LogP contribution in [-0.2, 0) is 16.1 Å². The van der Waals surface area contributed by atoms with Crippen molar-refractivity contribution in [2.75, 3.05) is 47.5 Å². The summed E-state index contributed by atoms with van der Waals surface area (Å²) in [5.74, 6) is -0.320. The molecule has 1 unspecified atom stereocenters. The first kappa shape index (κ1) is 28.8.